The molecule has 3 rings (SSSR count). The van der Waals surface area contributed by atoms with Crippen molar-refractivity contribution in [2.45, 2.75) is 18.7 Å². The zero-order valence-electron chi connectivity index (χ0n) is 12.5. The number of benzene rings is 1. The highest BCUT2D eigenvalue weighted by molar-refractivity contribution is 7.99. The SMILES string of the molecule is CCc1cccc(NC(=O)N2CCSC2c2cccnc2)c1. The number of aryl methyl sites for hydroxylation is 1. The van der Waals surface area contributed by atoms with Gasteiger partial charge in [-0.05, 0) is 30.2 Å². The van der Waals surface area contributed by atoms with Crippen molar-refractivity contribution in [2.24, 2.45) is 0 Å². The minimum absolute atomic E-state index is 0.0445. The number of nitrogens with one attached hydrogen (secondary N) is 1. The van der Waals surface area contributed by atoms with Crippen LogP contribution < -0.4 is 5.32 Å². The van der Waals surface area contributed by atoms with Gasteiger partial charge in [0.15, 0.2) is 0 Å². The van der Waals surface area contributed by atoms with Gasteiger partial charge in [-0.3, -0.25) is 4.98 Å². The number of carbonyl (C=O) groups excluding carboxylic acids is 1. The van der Waals surface area contributed by atoms with E-state index in [1.54, 1.807) is 18.0 Å². The molecule has 1 atom stereocenters. The van der Waals surface area contributed by atoms with E-state index in [1.807, 2.05) is 41.4 Å². The molecule has 0 radical (unpaired) electrons. The molecule has 1 saturated heterocycles. The van der Waals surface area contributed by atoms with Gasteiger partial charge in [0, 0.05) is 35.9 Å². The van der Waals surface area contributed by atoms with E-state index in [2.05, 4.69) is 23.3 Å². The summed E-state index contributed by atoms with van der Waals surface area (Å²) in [5.41, 5.74) is 3.14. The number of amides is 2. The van der Waals surface area contributed by atoms with Gasteiger partial charge in [-0.1, -0.05) is 25.1 Å². The number of thioether (sulfide) groups is 1. The molecule has 1 aromatic carbocycles. The molecule has 5 heteroatoms. The fourth-order valence-electron chi connectivity index (χ4n) is 2.54. The Bertz CT molecular complexity index is 647. The lowest BCUT2D eigenvalue weighted by Gasteiger charge is -2.24. The van der Waals surface area contributed by atoms with Gasteiger partial charge in [0.2, 0.25) is 0 Å². The number of rotatable bonds is 3. The van der Waals surface area contributed by atoms with Crippen LogP contribution in [0.1, 0.15) is 23.4 Å². The smallest absolute Gasteiger partial charge is 0.308 e. The highest BCUT2D eigenvalue weighted by Gasteiger charge is 2.30. The maximum Gasteiger partial charge on any atom is 0.323 e. The fraction of sp³-hybridized carbons (Fsp3) is 0.294. The van der Waals surface area contributed by atoms with Crippen LogP contribution in [0.25, 0.3) is 0 Å². The normalized spacial score (nSPS) is 17.5. The van der Waals surface area contributed by atoms with E-state index in [9.17, 15) is 4.79 Å². The molecule has 1 unspecified atom stereocenters. The molecule has 0 saturated carbocycles. The van der Waals surface area contributed by atoms with Crippen LogP contribution in [0.2, 0.25) is 0 Å². The van der Waals surface area contributed by atoms with Crippen LogP contribution in [0.5, 0.6) is 0 Å². The highest BCUT2D eigenvalue weighted by atomic mass is 32.2. The first kappa shape index (κ1) is 14.9. The third-order valence-electron chi connectivity index (χ3n) is 3.71. The van der Waals surface area contributed by atoms with Crippen LogP contribution in [0.15, 0.2) is 48.8 Å². The monoisotopic (exact) mass is 313 g/mol. The fourth-order valence-corrected chi connectivity index (χ4v) is 3.78. The van der Waals surface area contributed by atoms with Crippen molar-refractivity contribution in [3.05, 3.63) is 59.9 Å². The van der Waals surface area contributed by atoms with Gasteiger partial charge in [0.05, 0.1) is 0 Å². The molecule has 114 valence electrons. The molecule has 1 N–H and O–H groups in total. The van der Waals surface area contributed by atoms with Gasteiger partial charge < -0.3 is 10.2 Å². The lowest BCUT2D eigenvalue weighted by Crippen LogP contribution is -2.34. The number of urea groups is 1. The number of aromatic nitrogens is 1. The van der Waals surface area contributed by atoms with Crippen molar-refractivity contribution in [3.63, 3.8) is 0 Å². The summed E-state index contributed by atoms with van der Waals surface area (Å²) in [7, 11) is 0. The van der Waals surface area contributed by atoms with Crippen LogP contribution in [-0.2, 0) is 6.42 Å². The van der Waals surface area contributed by atoms with E-state index in [0.29, 0.717) is 0 Å². The molecular weight excluding hydrogens is 294 g/mol. The molecule has 1 aliphatic heterocycles. The molecule has 2 heterocycles. The summed E-state index contributed by atoms with van der Waals surface area (Å²) in [6.07, 6.45) is 4.55. The Labute approximate surface area is 134 Å². The molecular formula is C17H19N3OS. The zero-order valence-corrected chi connectivity index (χ0v) is 13.3. The number of nitrogens with zero attached hydrogens (tertiary/aromatic N) is 2. The van der Waals surface area contributed by atoms with Crippen LogP contribution >= 0.6 is 11.8 Å². The van der Waals surface area contributed by atoms with Gasteiger partial charge in [0.25, 0.3) is 0 Å². The van der Waals surface area contributed by atoms with Crippen LogP contribution in [-0.4, -0.2) is 28.2 Å². The molecule has 0 spiro atoms. The summed E-state index contributed by atoms with van der Waals surface area (Å²) in [5, 5.41) is 3.06. The van der Waals surface area contributed by atoms with Crippen molar-refractivity contribution in [1.29, 1.82) is 0 Å². The average molecular weight is 313 g/mol. The molecule has 2 aromatic rings. The van der Waals surface area contributed by atoms with Gasteiger partial charge in [-0.15, -0.1) is 11.8 Å². The first-order chi connectivity index (χ1) is 10.8. The third kappa shape index (κ3) is 3.25. The van der Waals surface area contributed by atoms with Crippen molar-refractivity contribution < 1.29 is 4.79 Å². The second-order valence-electron chi connectivity index (χ2n) is 5.19. The number of anilines is 1. The van der Waals surface area contributed by atoms with Crippen LogP contribution in [0.3, 0.4) is 0 Å². The Hall–Kier alpha value is -2.01. The first-order valence-corrected chi connectivity index (χ1v) is 8.51. The largest absolute Gasteiger partial charge is 0.323 e. The summed E-state index contributed by atoms with van der Waals surface area (Å²) < 4.78 is 0. The van der Waals surface area contributed by atoms with E-state index < -0.39 is 0 Å². The number of pyridine rings is 1. The lowest BCUT2D eigenvalue weighted by molar-refractivity contribution is 0.214. The lowest BCUT2D eigenvalue weighted by atomic mass is 10.1. The Morgan fingerprint density at radius 3 is 3.09 bits per heavy atom. The van der Waals surface area contributed by atoms with E-state index in [0.717, 1.165) is 30.0 Å². The predicted octanol–water partition coefficient (Wildman–Crippen LogP) is 3.92. The van der Waals surface area contributed by atoms with Gasteiger partial charge in [0.1, 0.15) is 5.37 Å². The second kappa shape index (κ2) is 6.83. The second-order valence-corrected chi connectivity index (χ2v) is 6.38. The molecule has 0 aliphatic carbocycles. The predicted molar refractivity (Wildman–Crippen MR) is 91.0 cm³/mol. The zero-order chi connectivity index (χ0) is 15.4. The van der Waals surface area contributed by atoms with Gasteiger partial charge in [-0.25, -0.2) is 4.79 Å². The summed E-state index contributed by atoms with van der Waals surface area (Å²) >= 11 is 1.78. The molecule has 1 fully saturated rings. The highest BCUT2D eigenvalue weighted by Crippen LogP contribution is 2.37. The maximum absolute atomic E-state index is 12.6. The van der Waals surface area contributed by atoms with E-state index >= 15 is 0 Å². The molecule has 4 nitrogen and oxygen atoms in total. The van der Waals surface area contributed by atoms with Crippen molar-refractivity contribution in [1.82, 2.24) is 9.88 Å². The van der Waals surface area contributed by atoms with Crippen LogP contribution in [0, 0.1) is 0 Å². The standard InChI is InChI=1S/C17H19N3OS/c1-2-13-5-3-7-15(11-13)19-17(21)20-9-10-22-16(20)14-6-4-8-18-12-14/h3-8,11-12,16H,2,9-10H2,1H3,(H,19,21). The average Bonchev–Trinajstić information content (AvgIpc) is 3.05. The Kier molecular flexibility index (Phi) is 4.63. The summed E-state index contributed by atoms with van der Waals surface area (Å²) in [5.74, 6) is 0.946. The Balaban J connectivity index is 1.73. The van der Waals surface area contributed by atoms with E-state index in [4.69, 9.17) is 0 Å². The minimum atomic E-state index is -0.0490. The maximum atomic E-state index is 12.6. The van der Waals surface area contributed by atoms with Gasteiger partial charge in [-0.2, -0.15) is 0 Å². The molecule has 22 heavy (non-hydrogen) atoms. The summed E-state index contributed by atoms with van der Waals surface area (Å²) in [6, 6.07) is 11.9. The van der Waals surface area contributed by atoms with Crippen molar-refractivity contribution in [2.75, 3.05) is 17.6 Å². The Morgan fingerprint density at radius 1 is 1.41 bits per heavy atom. The van der Waals surface area contributed by atoms with Crippen molar-refractivity contribution >= 4 is 23.5 Å². The number of hydrogen-bond acceptors (Lipinski definition) is 3. The summed E-state index contributed by atoms with van der Waals surface area (Å²) in [6.45, 7) is 2.86. The van der Waals surface area contributed by atoms with E-state index in [1.165, 1.54) is 5.56 Å². The third-order valence-corrected chi connectivity index (χ3v) is 4.97. The van der Waals surface area contributed by atoms with Crippen LogP contribution in [0.4, 0.5) is 10.5 Å². The number of hydrogen-bond donors (Lipinski definition) is 1. The molecule has 1 aromatic heterocycles. The quantitative estimate of drug-likeness (QED) is 0.934. The number of carbonyl (C=O) groups is 1. The first-order valence-electron chi connectivity index (χ1n) is 7.46. The van der Waals surface area contributed by atoms with Gasteiger partial charge >= 0.3 is 6.03 Å². The Morgan fingerprint density at radius 2 is 2.32 bits per heavy atom. The minimum Gasteiger partial charge on any atom is -0.308 e. The molecule has 1 aliphatic rings. The van der Waals surface area contributed by atoms with E-state index in [-0.39, 0.29) is 11.4 Å². The molecule has 2 amide bonds. The van der Waals surface area contributed by atoms with Crippen molar-refractivity contribution in [3.8, 4) is 0 Å². The topological polar surface area (TPSA) is 45.2 Å². The summed E-state index contributed by atoms with van der Waals surface area (Å²) in [4.78, 5) is 18.6. The molecule has 0 bridgehead atoms.